The van der Waals surface area contributed by atoms with E-state index in [1.807, 2.05) is 30.0 Å². The van der Waals surface area contributed by atoms with E-state index in [0.29, 0.717) is 30.2 Å². The summed E-state index contributed by atoms with van der Waals surface area (Å²) >= 11 is 3.51. The molecule has 0 N–H and O–H groups in total. The van der Waals surface area contributed by atoms with E-state index in [1.165, 1.54) is 19.1 Å². The van der Waals surface area contributed by atoms with Gasteiger partial charge in [-0.2, -0.15) is 0 Å². The molecule has 0 saturated heterocycles. The highest BCUT2D eigenvalue weighted by molar-refractivity contribution is 9.10. The Balaban J connectivity index is 1.56. The van der Waals surface area contributed by atoms with E-state index < -0.39 is 0 Å². The first-order valence-electron chi connectivity index (χ1n) is 14.1. The summed E-state index contributed by atoms with van der Waals surface area (Å²) < 4.78 is 14.1. The Hall–Kier alpha value is -3.26. The molecule has 4 rings (SSSR count). The molecule has 1 aliphatic rings. The molecule has 40 heavy (non-hydrogen) atoms. The second-order valence-corrected chi connectivity index (χ2v) is 11.3. The number of aromatic nitrogens is 1. The Bertz CT molecular complexity index is 1270. The number of hydrogen-bond donors (Lipinski definition) is 0. The zero-order chi connectivity index (χ0) is 28.5. The summed E-state index contributed by atoms with van der Waals surface area (Å²) in [7, 11) is 3.11. The molecular weight excluding hydrogens is 570 g/mol. The molecule has 1 aliphatic carbocycles. The molecular formula is C32H40BrN3O4. The van der Waals surface area contributed by atoms with Crippen LogP contribution in [0.3, 0.4) is 0 Å². The molecule has 0 spiro atoms. The monoisotopic (exact) mass is 609 g/mol. The molecule has 2 aromatic carbocycles. The lowest BCUT2D eigenvalue weighted by atomic mass is 9.94. The molecule has 0 unspecified atom stereocenters. The minimum atomic E-state index is -0.211. The van der Waals surface area contributed by atoms with Crippen molar-refractivity contribution in [3.8, 4) is 11.5 Å². The average molecular weight is 611 g/mol. The number of carbonyl (C=O) groups is 2. The van der Waals surface area contributed by atoms with Crippen LogP contribution >= 0.6 is 15.9 Å². The number of halogens is 1. The zero-order valence-electron chi connectivity index (χ0n) is 23.8. The van der Waals surface area contributed by atoms with Crippen LogP contribution in [0.4, 0.5) is 0 Å². The molecule has 1 saturated carbocycles. The van der Waals surface area contributed by atoms with Crippen molar-refractivity contribution in [2.45, 2.75) is 64.6 Å². The fraction of sp³-hybridized carbons (Fsp3) is 0.438. The Morgan fingerprint density at radius 1 is 1.00 bits per heavy atom. The number of carbonyl (C=O) groups excluding carboxylic acids is 2. The summed E-state index contributed by atoms with van der Waals surface area (Å²) in [5, 5.41) is 0. The topological polar surface area (TPSA) is 64.0 Å². The van der Waals surface area contributed by atoms with Gasteiger partial charge in [0, 0.05) is 41.6 Å². The van der Waals surface area contributed by atoms with Gasteiger partial charge < -0.3 is 23.8 Å². The van der Waals surface area contributed by atoms with Crippen molar-refractivity contribution in [3.05, 3.63) is 82.1 Å². The van der Waals surface area contributed by atoms with Crippen molar-refractivity contribution < 1.29 is 19.1 Å². The number of nitrogens with zero attached hydrogens (tertiary/aromatic N) is 3. The molecule has 1 heterocycles. The first-order chi connectivity index (χ1) is 19.4. The predicted molar refractivity (Wildman–Crippen MR) is 161 cm³/mol. The van der Waals surface area contributed by atoms with E-state index in [-0.39, 0.29) is 24.4 Å². The van der Waals surface area contributed by atoms with E-state index >= 15 is 0 Å². The summed E-state index contributed by atoms with van der Waals surface area (Å²) in [6, 6.07) is 17.8. The van der Waals surface area contributed by atoms with E-state index in [9.17, 15) is 9.59 Å². The normalized spacial score (nSPS) is 13.6. The van der Waals surface area contributed by atoms with Crippen LogP contribution in [0.1, 0.15) is 67.1 Å². The lowest BCUT2D eigenvalue weighted by Gasteiger charge is -2.36. The van der Waals surface area contributed by atoms with E-state index in [2.05, 4.69) is 44.9 Å². The SMILES string of the molecule is CCCN(CC(=O)N(Cc1cccn1Cc1ccc(Br)cc1)C1CCCCC1)C(=O)c1ccc(OC)cc1OC. The van der Waals surface area contributed by atoms with Gasteiger partial charge in [-0.15, -0.1) is 0 Å². The maximum absolute atomic E-state index is 14.0. The van der Waals surface area contributed by atoms with Gasteiger partial charge in [0.2, 0.25) is 5.91 Å². The predicted octanol–water partition coefficient (Wildman–Crippen LogP) is 6.53. The minimum Gasteiger partial charge on any atom is -0.497 e. The minimum absolute atomic E-state index is 0.0161. The second-order valence-electron chi connectivity index (χ2n) is 10.4. The third-order valence-electron chi connectivity index (χ3n) is 7.60. The van der Waals surface area contributed by atoms with Gasteiger partial charge in [-0.1, -0.05) is 54.2 Å². The summed E-state index contributed by atoms with van der Waals surface area (Å²) in [6.07, 6.45) is 8.25. The van der Waals surface area contributed by atoms with Crippen molar-refractivity contribution in [1.29, 1.82) is 0 Å². The maximum Gasteiger partial charge on any atom is 0.258 e. The lowest BCUT2D eigenvalue weighted by Crippen LogP contribution is -2.47. The number of methoxy groups -OCH3 is 2. The molecule has 7 nitrogen and oxygen atoms in total. The first-order valence-corrected chi connectivity index (χ1v) is 14.9. The lowest BCUT2D eigenvalue weighted by molar-refractivity contribution is -0.135. The third-order valence-corrected chi connectivity index (χ3v) is 8.13. The van der Waals surface area contributed by atoms with Crippen LogP contribution in [0.15, 0.2) is 65.3 Å². The number of benzene rings is 2. The van der Waals surface area contributed by atoms with Crippen LogP contribution in [0.2, 0.25) is 0 Å². The smallest absolute Gasteiger partial charge is 0.258 e. The first kappa shape index (κ1) is 29.7. The summed E-state index contributed by atoms with van der Waals surface area (Å²) in [4.78, 5) is 31.4. The van der Waals surface area contributed by atoms with Crippen LogP contribution < -0.4 is 9.47 Å². The van der Waals surface area contributed by atoms with Crippen molar-refractivity contribution >= 4 is 27.7 Å². The number of rotatable bonds is 12. The van der Waals surface area contributed by atoms with Gasteiger partial charge in [0.05, 0.1) is 26.3 Å². The van der Waals surface area contributed by atoms with Crippen molar-refractivity contribution in [2.24, 2.45) is 0 Å². The third kappa shape index (κ3) is 7.47. The fourth-order valence-electron chi connectivity index (χ4n) is 5.44. The quantitative estimate of drug-likeness (QED) is 0.234. The highest BCUT2D eigenvalue weighted by Gasteiger charge is 2.29. The molecule has 0 radical (unpaired) electrons. The number of ether oxygens (including phenoxy) is 2. The summed E-state index contributed by atoms with van der Waals surface area (Å²) in [5.41, 5.74) is 2.72. The Labute approximate surface area is 246 Å². The molecule has 214 valence electrons. The van der Waals surface area contributed by atoms with Crippen LogP contribution in [-0.4, -0.2) is 59.5 Å². The molecule has 1 aromatic heterocycles. The molecule has 3 aromatic rings. The van der Waals surface area contributed by atoms with Gasteiger partial charge in [0.25, 0.3) is 5.91 Å². The van der Waals surface area contributed by atoms with Crippen LogP contribution in [-0.2, 0) is 17.9 Å². The number of amides is 2. The molecule has 2 amide bonds. The van der Waals surface area contributed by atoms with Gasteiger partial charge in [0.1, 0.15) is 18.0 Å². The van der Waals surface area contributed by atoms with Gasteiger partial charge in [-0.25, -0.2) is 0 Å². The van der Waals surface area contributed by atoms with E-state index in [1.54, 1.807) is 30.2 Å². The van der Waals surface area contributed by atoms with Crippen molar-refractivity contribution in [2.75, 3.05) is 27.3 Å². The molecule has 1 fully saturated rings. The summed E-state index contributed by atoms with van der Waals surface area (Å²) in [6.45, 7) is 3.79. The van der Waals surface area contributed by atoms with Crippen molar-refractivity contribution in [3.63, 3.8) is 0 Å². The highest BCUT2D eigenvalue weighted by atomic mass is 79.9. The largest absolute Gasteiger partial charge is 0.497 e. The number of hydrogen-bond acceptors (Lipinski definition) is 4. The molecule has 0 bridgehead atoms. The zero-order valence-corrected chi connectivity index (χ0v) is 25.4. The van der Waals surface area contributed by atoms with Crippen LogP contribution in [0.5, 0.6) is 11.5 Å². The van der Waals surface area contributed by atoms with E-state index in [4.69, 9.17) is 9.47 Å². The average Bonchev–Trinajstić information content (AvgIpc) is 3.42. The molecule has 8 heteroatoms. The van der Waals surface area contributed by atoms with Crippen LogP contribution in [0.25, 0.3) is 0 Å². The maximum atomic E-state index is 14.0. The van der Waals surface area contributed by atoms with Gasteiger partial charge in [-0.05, 0) is 61.2 Å². The highest BCUT2D eigenvalue weighted by Crippen LogP contribution is 2.28. The Morgan fingerprint density at radius 3 is 2.42 bits per heavy atom. The molecule has 0 aliphatic heterocycles. The van der Waals surface area contributed by atoms with Gasteiger partial charge >= 0.3 is 0 Å². The Kier molecular flexibility index (Phi) is 10.7. The second kappa shape index (κ2) is 14.4. The van der Waals surface area contributed by atoms with Crippen LogP contribution in [0, 0.1) is 0 Å². The summed E-state index contributed by atoms with van der Waals surface area (Å²) in [5.74, 6) is 0.823. The standard InChI is InChI=1S/C32H40BrN3O4/c1-4-18-35(32(38)29-17-16-28(39-2)20-30(29)40-3)23-31(37)36(26-9-6-5-7-10-26)22-27-11-8-19-34(27)21-24-12-14-25(33)15-13-24/h8,11-17,19-20,26H,4-7,9-10,18,21-23H2,1-3H3. The van der Waals surface area contributed by atoms with Gasteiger partial charge in [-0.3, -0.25) is 9.59 Å². The van der Waals surface area contributed by atoms with Gasteiger partial charge in [0.15, 0.2) is 0 Å². The van der Waals surface area contributed by atoms with E-state index in [0.717, 1.165) is 48.8 Å². The fourth-order valence-corrected chi connectivity index (χ4v) is 5.71. The Morgan fingerprint density at radius 2 is 1.75 bits per heavy atom. The molecule has 0 atom stereocenters. The van der Waals surface area contributed by atoms with Crippen molar-refractivity contribution in [1.82, 2.24) is 14.4 Å².